The maximum Gasteiger partial charge on any atom is 0.100 e. The van der Waals surface area contributed by atoms with Crippen LogP contribution in [0.3, 0.4) is 0 Å². The van der Waals surface area contributed by atoms with Gasteiger partial charge in [-0.2, -0.15) is 5.26 Å². The lowest BCUT2D eigenvalue weighted by atomic mass is 9.91. The van der Waals surface area contributed by atoms with Crippen LogP contribution in [-0.4, -0.2) is 23.7 Å². The van der Waals surface area contributed by atoms with Crippen LogP contribution >= 0.6 is 0 Å². The van der Waals surface area contributed by atoms with Gasteiger partial charge in [0, 0.05) is 85.0 Å². The fraction of sp³-hybridized carbons (Fsp3) is 0. The van der Waals surface area contributed by atoms with Crippen LogP contribution in [0.4, 0.5) is 0 Å². The fourth-order valence-corrected chi connectivity index (χ4v) is 9.45. The first kappa shape index (κ1) is 32.9. The van der Waals surface area contributed by atoms with Crippen molar-refractivity contribution in [2.24, 2.45) is 0 Å². The number of aromatic nitrogens is 5. The summed E-state index contributed by atoms with van der Waals surface area (Å²) < 4.78 is 6.94. The zero-order chi connectivity index (χ0) is 39.0. The molecule has 0 aliphatic heterocycles. The Morgan fingerprint density at radius 1 is 0.356 bits per heavy atom. The summed E-state index contributed by atoms with van der Waals surface area (Å²) in [5.41, 5.74) is 13.1. The minimum atomic E-state index is 0.541. The third kappa shape index (κ3) is 4.79. The summed E-state index contributed by atoms with van der Waals surface area (Å²) in [7, 11) is 0. The lowest BCUT2D eigenvalue weighted by Gasteiger charge is -2.20. The van der Waals surface area contributed by atoms with Crippen LogP contribution in [0.5, 0.6) is 0 Å². The average molecular weight is 753 g/mol. The van der Waals surface area contributed by atoms with Crippen LogP contribution in [-0.2, 0) is 0 Å². The molecule has 0 amide bonds. The average Bonchev–Trinajstić information content (AvgIpc) is 3.94. The van der Waals surface area contributed by atoms with Crippen molar-refractivity contribution in [2.75, 3.05) is 0 Å². The first-order valence-corrected chi connectivity index (χ1v) is 19.7. The summed E-state index contributed by atoms with van der Waals surface area (Å²) in [4.78, 5) is 9.48. The van der Waals surface area contributed by atoms with E-state index in [9.17, 15) is 5.26 Å². The van der Waals surface area contributed by atoms with E-state index in [-0.39, 0.29) is 0 Å². The molecule has 7 aromatic carbocycles. The van der Waals surface area contributed by atoms with Crippen molar-refractivity contribution in [3.63, 3.8) is 0 Å². The first-order valence-electron chi connectivity index (χ1n) is 19.7. The van der Waals surface area contributed by atoms with Gasteiger partial charge in [0.1, 0.15) is 6.07 Å². The van der Waals surface area contributed by atoms with E-state index in [0.717, 1.165) is 105 Å². The van der Waals surface area contributed by atoms with Crippen molar-refractivity contribution in [1.29, 1.82) is 5.26 Å². The second kappa shape index (κ2) is 12.9. The number of nitrogens with zero attached hydrogens (tertiary/aromatic N) is 6. The summed E-state index contributed by atoms with van der Waals surface area (Å²) >= 11 is 0. The van der Waals surface area contributed by atoms with Crippen LogP contribution in [0.1, 0.15) is 5.56 Å². The molecule has 0 aliphatic rings. The highest BCUT2D eigenvalue weighted by Gasteiger charge is 2.24. The summed E-state index contributed by atoms with van der Waals surface area (Å²) in [6.45, 7) is 0. The van der Waals surface area contributed by atoms with E-state index in [1.165, 1.54) is 0 Å². The van der Waals surface area contributed by atoms with Crippen LogP contribution in [0, 0.1) is 11.3 Å². The van der Waals surface area contributed by atoms with Crippen molar-refractivity contribution in [3.05, 3.63) is 200 Å². The van der Waals surface area contributed by atoms with Gasteiger partial charge in [-0.25, -0.2) is 0 Å². The fourth-order valence-electron chi connectivity index (χ4n) is 9.45. The van der Waals surface area contributed by atoms with Gasteiger partial charge in [0.15, 0.2) is 0 Å². The summed E-state index contributed by atoms with van der Waals surface area (Å²) in [6, 6.07) is 62.3. The number of nitriles is 1. The molecule has 0 atom stereocenters. The molecule has 0 saturated carbocycles. The molecule has 6 heteroatoms. The minimum Gasteiger partial charge on any atom is -0.309 e. The smallest absolute Gasteiger partial charge is 0.100 e. The Bertz CT molecular complexity index is 3370. The van der Waals surface area contributed by atoms with Crippen LogP contribution in [0.2, 0.25) is 0 Å². The lowest BCUT2D eigenvalue weighted by Crippen LogP contribution is -2.04. The molecule has 0 aliphatic carbocycles. The second-order valence-electron chi connectivity index (χ2n) is 14.9. The van der Waals surface area contributed by atoms with E-state index >= 15 is 0 Å². The molecule has 0 fully saturated rings. The normalized spacial score (nSPS) is 11.7. The van der Waals surface area contributed by atoms with Gasteiger partial charge >= 0.3 is 0 Å². The number of para-hydroxylation sites is 6. The van der Waals surface area contributed by atoms with Gasteiger partial charge in [0.25, 0.3) is 0 Å². The number of fused-ring (bicyclic) bond motifs is 9. The van der Waals surface area contributed by atoms with Crippen LogP contribution in [0.25, 0.3) is 105 Å². The topological polar surface area (TPSA) is 64.4 Å². The second-order valence-corrected chi connectivity index (χ2v) is 14.9. The molecule has 59 heavy (non-hydrogen) atoms. The number of pyridine rings is 2. The molecule has 5 heterocycles. The quantitative estimate of drug-likeness (QED) is 0.176. The third-order valence-corrected chi connectivity index (χ3v) is 11.9. The van der Waals surface area contributed by atoms with Gasteiger partial charge in [0.05, 0.1) is 50.0 Å². The Morgan fingerprint density at radius 3 is 0.983 bits per heavy atom. The Hall–Kier alpha value is -8.27. The van der Waals surface area contributed by atoms with E-state index in [1.807, 2.05) is 24.8 Å². The molecule has 0 unspecified atom stereocenters. The molecular formula is C53H32N6. The van der Waals surface area contributed by atoms with Crippen molar-refractivity contribution >= 4 is 65.4 Å². The van der Waals surface area contributed by atoms with Gasteiger partial charge in [-0.05, 0) is 60.7 Å². The third-order valence-electron chi connectivity index (χ3n) is 11.9. The standard InChI is InChI=1S/C53H32N6/c54-31-43-41(44-32-55-27-25-52(44)58-48-21-9-3-15-37(48)38-16-4-10-22-49(38)58)29-34(57-46-19-7-1-13-35(46)36-14-2-8-20-47(36)57)30-42(43)45-33-56-28-26-53(45)59-50-23-11-5-17-39(50)40-18-6-12-24-51(40)59/h1-30,32-33H. The van der Waals surface area contributed by atoms with Gasteiger partial charge in [-0.15, -0.1) is 0 Å². The van der Waals surface area contributed by atoms with Gasteiger partial charge in [-0.3, -0.25) is 9.97 Å². The molecule has 6 nitrogen and oxygen atoms in total. The molecular weight excluding hydrogens is 721 g/mol. The zero-order valence-electron chi connectivity index (χ0n) is 31.7. The highest BCUT2D eigenvalue weighted by Crippen LogP contribution is 2.44. The van der Waals surface area contributed by atoms with E-state index in [1.54, 1.807) is 0 Å². The number of rotatable bonds is 5. The predicted molar refractivity (Wildman–Crippen MR) is 241 cm³/mol. The molecule has 12 aromatic rings. The van der Waals surface area contributed by atoms with E-state index in [0.29, 0.717) is 5.56 Å². The summed E-state index contributed by atoms with van der Waals surface area (Å²) in [5.74, 6) is 0. The highest BCUT2D eigenvalue weighted by molar-refractivity contribution is 6.12. The van der Waals surface area contributed by atoms with E-state index in [2.05, 4.69) is 190 Å². The van der Waals surface area contributed by atoms with Crippen LogP contribution < -0.4 is 0 Å². The van der Waals surface area contributed by atoms with Crippen LogP contribution in [0.15, 0.2) is 195 Å². The number of hydrogen-bond acceptors (Lipinski definition) is 3. The monoisotopic (exact) mass is 752 g/mol. The SMILES string of the molecule is N#Cc1c(-c2cnccc2-n2c3ccccc3c3ccccc32)cc(-n2c3ccccc3c3ccccc32)cc1-c1cnccc1-n1c2ccccc2c2ccccc21. The maximum atomic E-state index is 11.5. The largest absolute Gasteiger partial charge is 0.309 e. The van der Waals surface area contributed by atoms with Crippen molar-refractivity contribution in [2.45, 2.75) is 0 Å². The molecule has 5 aromatic heterocycles. The highest BCUT2D eigenvalue weighted by atomic mass is 15.0. The molecule has 0 N–H and O–H groups in total. The van der Waals surface area contributed by atoms with Crippen molar-refractivity contribution in [1.82, 2.24) is 23.7 Å². The molecule has 12 rings (SSSR count). The van der Waals surface area contributed by atoms with Crippen molar-refractivity contribution in [3.8, 4) is 45.4 Å². The minimum absolute atomic E-state index is 0.541. The Morgan fingerprint density at radius 2 is 0.661 bits per heavy atom. The maximum absolute atomic E-state index is 11.5. The number of benzene rings is 7. The summed E-state index contributed by atoms with van der Waals surface area (Å²) in [5, 5.41) is 18.5. The van der Waals surface area contributed by atoms with E-state index in [4.69, 9.17) is 9.97 Å². The molecule has 0 bridgehead atoms. The molecule has 0 spiro atoms. The number of hydrogen-bond donors (Lipinski definition) is 0. The summed E-state index contributed by atoms with van der Waals surface area (Å²) in [6.07, 6.45) is 7.50. The van der Waals surface area contributed by atoms with Gasteiger partial charge < -0.3 is 13.7 Å². The Balaban J connectivity index is 1.22. The van der Waals surface area contributed by atoms with Crippen molar-refractivity contribution < 1.29 is 0 Å². The zero-order valence-corrected chi connectivity index (χ0v) is 31.7. The predicted octanol–water partition coefficient (Wildman–Crippen LogP) is 13.0. The lowest BCUT2D eigenvalue weighted by molar-refractivity contribution is 1.14. The first-order chi connectivity index (χ1) is 29.3. The Kier molecular flexibility index (Phi) is 7.19. The molecule has 274 valence electrons. The molecule has 0 radical (unpaired) electrons. The van der Waals surface area contributed by atoms with Gasteiger partial charge in [0.2, 0.25) is 0 Å². The molecule has 0 saturated heterocycles. The Labute approximate surface area is 338 Å². The van der Waals surface area contributed by atoms with Gasteiger partial charge in [-0.1, -0.05) is 109 Å². The van der Waals surface area contributed by atoms with E-state index < -0.39 is 0 Å².